The van der Waals surface area contributed by atoms with Gasteiger partial charge in [-0.05, 0) is 55.1 Å². The number of rotatable bonds is 4. The van der Waals surface area contributed by atoms with E-state index in [2.05, 4.69) is 70.4 Å². The molecule has 0 saturated carbocycles. The van der Waals surface area contributed by atoms with Gasteiger partial charge in [0.15, 0.2) is 0 Å². The van der Waals surface area contributed by atoms with Crippen molar-refractivity contribution in [2.24, 2.45) is 0 Å². The molecule has 3 aromatic rings. The summed E-state index contributed by atoms with van der Waals surface area (Å²) < 4.78 is 1.27. The van der Waals surface area contributed by atoms with E-state index >= 15 is 0 Å². The molecule has 130 valence electrons. The van der Waals surface area contributed by atoms with E-state index in [4.69, 9.17) is 0 Å². The number of nitrogens with zero attached hydrogens (tertiary/aromatic N) is 3. The average molecular weight is 370 g/mol. The number of piperazine rings is 1. The van der Waals surface area contributed by atoms with Crippen LogP contribution in [0.25, 0.3) is 10.2 Å². The van der Waals surface area contributed by atoms with Crippen LogP contribution in [0, 0.1) is 0 Å². The van der Waals surface area contributed by atoms with Crippen molar-refractivity contribution in [2.45, 2.75) is 17.9 Å². The zero-order valence-electron chi connectivity index (χ0n) is 14.7. The van der Waals surface area contributed by atoms with E-state index in [0.29, 0.717) is 6.04 Å². The van der Waals surface area contributed by atoms with Crippen molar-refractivity contribution in [1.82, 2.24) is 9.88 Å². The zero-order chi connectivity index (χ0) is 17.2. The summed E-state index contributed by atoms with van der Waals surface area (Å²) in [6.07, 6.45) is 2.12. The van der Waals surface area contributed by atoms with E-state index in [0.717, 1.165) is 31.7 Å². The minimum atomic E-state index is 0.437. The summed E-state index contributed by atoms with van der Waals surface area (Å²) in [5.74, 6) is 0. The van der Waals surface area contributed by atoms with Crippen molar-refractivity contribution < 1.29 is 0 Å². The molecule has 0 radical (unpaired) electrons. The van der Waals surface area contributed by atoms with Crippen LogP contribution in [0.15, 0.2) is 52.9 Å². The number of fused-ring (bicyclic) bond motifs is 1. The van der Waals surface area contributed by atoms with Gasteiger partial charge in [0, 0.05) is 42.8 Å². The molecule has 4 rings (SSSR count). The molecule has 5 heteroatoms. The first kappa shape index (κ1) is 16.9. The van der Waals surface area contributed by atoms with Gasteiger partial charge in [0.2, 0.25) is 0 Å². The summed E-state index contributed by atoms with van der Waals surface area (Å²) in [6, 6.07) is 16.1. The molecule has 1 unspecified atom stereocenters. The third-order valence-corrected chi connectivity index (χ3v) is 6.69. The lowest BCUT2D eigenvalue weighted by Gasteiger charge is -2.39. The minimum Gasteiger partial charge on any atom is -0.369 e. The number of benzene rings is 2. The van der Waals surface area contributed by atoms with Gasteiger partial charge in [-0.1, -0.05) is 6.07 Å². The maximum atomic E-state index is 4.46. The minimum absolute atomic E-state index is 0.437. The lowest BCUT2D eigenvalue weighted by Crippen LogP contribution is -2.47. The fourth-order valence-corrected chi connectivity index (χ4v) is 4.57. The smallest absolute Gasteiger partial charge is 0.0815 e. The molecule has 3 nitrogen and oxygen atoms in total. The molecule has 1 aliphatic rings. The number of hydrogen-bond acceptors (Lipinski definition) is 5. The van der Waals surface area contributed by atoms with Crippen LogP contribution in [0.2, 0.25) is 0 Å². The lowest BCUT2D eigenvalue weighted by molar-refractivity contribution is 0.198. The number of anilines is 1. The molecule has 1 aromatic heterocycles. The third-order valence-electron chi connectivity index (χ3n) is 5.14. The molecule has 0 N–H and O–H groups in total. The fraction of sp³-hybridized carbons (Fsp3) is 0.350. The highest BCUT2D eigenvalue weighted by atomic mass is 32.2. The highest BCUT2D eigenvalue weighted by Gasteiger charge is 2.22. The van der Waals surface area contributed by atoms with Crippen molar-refractivity contribution in [1.29, 1.82) is 0 Å². The van der Waals surface area contributed by atoms with Gasteiger partial charge in [0.25, 0.3) is 0 Å². The van der Waals surface area contributed by atoms with Crippen LogP contribution in [0.1, 0.15) is 18.5 Å². The van der Waals surface area contributed by atoms with Crippen LogP contribution in [-0.4, -0.2) is 42.3 Å². The van der Waals surface area contributed by atoms with E-state index in [1.165, 1.54) is 20.8 Å². The summed E-state index contributed by atoms with van der Waals surface area (Å²) in [4.78, 5) is 10.9. The predicted molar refractivity (Wildman–Crippen MR) is 110 cm³/mol. The first-order chi connectivity index (χ1) is 12.2. The molecule has 25 heavy (non-hydrogen) atoms. The highest BCUT2D eigenvalue weighted by Crippen LogP contribution is 2.28. The predicted octanol–water partition coefficient (Wildman–Crippen LogP) is 4.90. The van der Waals surface area contributed by atoms with Gasteiger partial charge in [0.1, 0.15) is 0 Å². The molecule has 1 fully saturated rings. The SMILES string of the molecule is CSc1ccc(N2CCN(C(C)c3ccc4scnc4c3)CC2)cc1. The van der Waals surface area contributed by atoms with Gasteiger partial charge in [0.05, 0.1) is 15.7 Å². The molecule has 0 amide bonds. The maximum absolute atomic E-state index is 4.46. The largest absolute Gasteiger partial charge is 0.369 e. The Bertz CT molecular complexity index is 836. The van der Waals surface area contributed by atoms with Crippen LogP contribution in [-0.2, 0) is 0 Å². The van der Waals surface area contributed by atoms with E-state index in [-0.39, 0.29) is 0 Å². The van der Waals surface area contributed by atoms with E-state index in [1.807, 2.05) is 5.51 Å². The Kier molecular flexibility index (Phi) is 4.97. The average Bonchev–Trinajstić information content (AvgIpc) is 3.15. The van der Waals surface area contributed by atoms with Crippen LogP contribution < -0.4 is 4.90 Å². The molecule has 1 saturated heterocycles. The van der Waals surface area contributed by atoms with Crippen molar-refractivity contribution in [3.05, 3.63) is 53.5 Å². The Morgan fingerprint density at radius 3 is 2.52 bits per heavy atom. The van der Waals surface area contributed by atoms with Crippen LogP contribution >= 0.6 is 23.1 Å². The quantitative estimate of drug-likeness (QED) is 0.609. The number of thiazole rings is 1. The Morgan fingerprint density at radius 2 is 1.80 bits per heavy atom. The van der Waals surface area contributed by atoms with Gasteiger partial charge in [-0.15, -0.1) is 23.1 Å². The second kappa shape index (κ2) is 7.36. The third kappa shape index (κ3) is 3.54. The van der Waals surface area contributed by atoms with Crippen molar-refractivity contribution >= 4 is 39.0 Å². The van der Waals surface area contributed by atoms with Crippen LogP contribution in [0.4, 0.5) is 5.69 Å². The molecule has 2 heterocycles. The van der Waals surface area contributed by atoms with E-state index in [9.17, 15) is 0 Å². The molecular weight excluding hydrogens is 346 g/mol. The molecule has 0 bridgehead atoms. The second-order valence-corrected chi connectivity index (χ2v) is 8.24. The molecule has 1 aliphatic heterocycles. The Balaban J connectivity index is 1.41. The van der Waals surface area contributed by atoms with Gasteiger partial charge in [-0.3, -0.25) is 4.90 Å². The Hall–Kier alpha value is -1.56. The van der Waals surface area contributed by atoms with Crippen LogP contribution in [0.5, 0.6) is 0 Å². The molecule has 0 aliphatic carbocycles. The number of thioether (sulfide) groups is 1. The topological polar surface area (TPSA) is 19.4 Å². The number of aromatic nitrogens is 1. The summed E-state index contributed by atoms with van der Waals surface area (Å²) in [7, 11) is 0. The molecule has 2 aromatic carbocycles. The Labute approximate surface area is 157 Å². The Morgan fingerprint density at radius 1 is 1.04 bits per heavy atom. The lowest BCUT2D eigenvalue weighted by atomic mass is 10.1. The second-order valence-electron chi connectivity index (χ2n) is 6.48. The fourth-order valence-electron chi connectivity index (χ4n) is 3.51. The molecule has 1 atom stereocenters. The summed E-state index contributed by atoms with van der Waals surface area (Å²) >= 11 is 3.51. The molecule has 0 spiro atoms. The monoisotopic (exact) mass is 369 g/mol. The summed E-state index contributed by atoms with van der Waals surface area (Å²) in [6.45, 7) is 6.68. The zero-order valence-corrected chi connectivity index (χ0v) is 16.3. The maximum Gasteiger partial charge on any atom is 0.0815 e. The van der Waals surface area contributed by atoms with E-state index < -0.39 is 0 Å². The van der Waals surface area contributed by atoms with Gasteiger partial charge >= 0.3 is 0 Å². The van der Waals surface area contributed by atoms with Gasteiger partial charge in [-0.2, -0.15) is 0 Å². The molecular formula is C20H23N3S2. The van der Waals surface area contributed by atoms with Crippen molar-refractivity contribution in [3.63, 3.8) is 0 Å². The van der Waals surface area contributed by atoms with Gasteiger partial charge in [-0.25, -0.2) is 4.98 Å². The first-order valence-corrected chi connectivity index (χ1v) is 10.8. The van der Waals surface area contributed by atoms with Gasteiger partial charge < -0.3 is 4.90 Å². The standard InChI is InChI=1S/C20H23N3S2/c1-15(16-3-8-20-19(13-16)21-14-25-20)22-9-11-23(12-10-22)17-4-6-18(24-2)7-5-17/h3-8,13-15H,9-12H2,1-2H3. The van der Waals surface area contributed by atoms with Crippen molar-refractivity contribution in [3.8, 4) is 0 Å². The highest BCUT2D eigenvalue weighted by molar-refractivity contribution is 7.98. The van der Waals surface area contributed by atoms with Crippen LogP contribution in [0.3, 0.4) is 0 Å². The normalized spacial score (nSPS) is 17.1. The summed E-state index contributed by atoms with van der Waals surface area (Å²) in [5.41, 5.74) is 5.77. The first-order valence-electron chi connectivity index (χ1n) is 8.71. The van der Waals surface area contributed by atoms with Crippen molar-refractivity contribution in [2.75, 3.05) is 37.3 Å². The summed E-state index contributed by atoms with van der Waals surface area (Å²) in [5, 5.41) is 0. The number of hydrogen-bond donors (Lipinski definition) is 0. The van der Waals surface area contributed by atoms with E-state index in [1.54, 1.807) is 23.1 Å².